The van der Waals surface area contributed by atoms with Crippen LogP contribution in [0.25, 0.3) is 0 Å². The van der Waals surface area contributed by atoms with Gasteiger partial charge in [-0.3, -0.25) is 19.4 Å². The van der Waals surface area contributed by atoms with Crippen molar-refractivity contribution in [3.05, 3.63) is 71.7 Å². The quantitative estimate of drug-likeness (QED) is 0.501. The molecule has 2 aromatic heterocycles. The maximum absolute atomic E-state index is 13.4. The number of likely N-dealkylation sites (tertiary alicyclic amines) is 1. The van der Waals surface area contributed by atoms with Crippen LogP contribution in [0.4, 0.5) is 0 Å². The predicted molar refractivity (Wildman–Crippen MR) is 142 cm³/mol. The Bertz CT molecular complexity index is 1400. The standard InChI is InChI=1S/C29H31N5O6/c35-25-5-2-9-31-28(36)20-12-22(14-30-13-20)40-21-4-1-3-18(11-21)16-38-24-8-10-34(15-23(24)33-25)29(37)26-27(19-6-7-19)39-17-32-26/h1,3-4,11-14,17,19,23-24H,2,5-10,15-16H2,(H,31,36)(H,33,35)/t23-,24-/m0/s1. The van der Waals surface area contributed by atoms with Crippen LogP contribution in [0.1, 0.15) is 70.2 Å². The van der Waals surface area contributed by atoms with E-state index in [1.165, 1.54) is 12.6 Å². The second kappa shape index (κ2) is 11.5. The Balaban J connectivity index is 1.20. The molecule has 1 aromatic carbocycles. The lowest BCUT2D eigenvalue weighted by atomic mass is 10.0. The smallest absolute Gasteiger partial charge is 0.276 e. The van der Waals surface area contributed by atoms with Crippen molar-refractivity contribution in [3.63, 3.8) is 0 Å². The Kier molecular flexibility index (Phi) is 7.45. The number of ether oxygens (including phenoxy) is 2. The van der Waals surface area contributed by atoms with Gasteiger partial charge >= 0.3 is 0 Å². The lowest BCUT2D eigenvalue weighted by Gasteiger charge is -2.38. The van der Waals surface area contributed by atoms with Crippen LogP contribution < -0.4 is 15.4 Å². The number of hydrogen-bond donors (Lipinski definition) is 2. The third-order valence-electron chi connectivity index (χ3n) is 7.37. The highest BCUT2D eigenvalue weighted by Crippen LogP contribution is 2.41. The molecule has 2 N–H and O–H groups in total. The van der Waals surface area contributed by atoms with Gasteiger partial charge in [0, 0.05) is 38.2 Å². The molecule has 3 aliphatic rings. The molecule has 1 saturated carbocycles. The second-order valence-electron chi connectivity index (χ2n) is 10.4. The molecule has 2 aliphatic heterocycles. The van der Waals surface area contributed by atoms with Gasteiger partial charge in [-0.1, -0.05) is 12.1 Å². The first-order chi connectivity index (χ1) is 19.5. The average Bonchev–Trinajstić information content (AvgIpc) is 3.69. The van der Waals surface area contributed by atoms with Gasteiger partial charge in [-0.2, -0.15) is 0 Å². The van der Waals surface area contributed by atoms with Gasteiger partial charge in [-0.05, 0) is 49.4 Å². The first kappa shape index (κ1) is 26.0. The first-order valence-electron chi connectivity index (χ1n) is 13.7. The van der Waals surface area contributed by atoms with Crippen molar-refractivity contribution in [1.29, 1.82) is 0 Å². The number of benzene rings is 1. The number of oxazole rings is 1. The van der Waals surface area contributed by atoms with Gasteiger partial charge in [0.15, 0.2) is 12.1 Å². The molecule has 3 amide bonds. The highest BCUT2D eigenvalue weighted by molar-refractivity contribution is 5.94. The molecule has 1 saturated heterocycles. The van der Waals surface area contributed by atoms with Gasteiger partial charge in [-0.15, -0.1) is 0 Å². The maximum Gasteiger partial charge on any atom is 0.276 e. The van der Waals surface area contributed by atoms with E-state index >= 15 is 0 Å². The summed E-state index contributed by atoms with van der Waals surface area (Å²) in [6.07, 6.45) is 7.29. The van der Waals surface area contributed by atoms with E-state index in [1.54, 1.807) is 17.2 Å². The second-order valence-corrected chi connectivity index (χ2v) is 10.4. The van der Waals surface area contributed by atoms with Crippen LogP contribution in [-0.2, 0) is 16.1 Å². The SMILES string of the molecule is O=C1CCCNC(=O)c2cncc(c2)Oc2cccc(c2)CO[C@H]2CCN(C(=O)c3ncoc3C3CC3)C[C@@H]2N1. The number of nitrogens with zero attached hydrogens (tertiary/aromatic N) is 3. The van der Waals surface area contributed by atoms with E-state index in [1.807, 2.05) is 24.3 Å². The molecule has 11 nitrogen and oxygen atoms in total. The monoisotopic (exact) mass is 545 g/mol. The van der Waals surface area contributed by atoms with Crippen LogP contribution in [0.3, 0.4) is 0 Å². The summed E-state index contributed by atoms with van der Waals surface area (Å²) in [5.74, 6) is 1.31. The summed E-state index contributed by atoms with van der Waals surface area (Å²) in [5.41, 5.74) is 1.62. The van der Waals surface area contributed by atoms with Crippen molar-refractivity contribution in [2.45, 2.75) is 56.8 Å². The number of piperidine rings is 1. The van der Waals surface area contributed by atoms with E-state index in [-0.39, 0.29) is 36.2 Å². The molecule has 2 atom stereocenters. The lowest BCUT2D eigenvalue weighted by Crippen LogP contribution is -2.57. The minimum atomic E-state index is -0.403. The van der Waals surface area contributed by atoms with E-state index in [4.69, 9.17) is 13.9 Å². The van der Waals surface area contributed by atoms with E-state index in [2.05, 4.69) is 20.6 Å². The molecule has 2 fully saturated rings. The Morgan fingerprint density at radius 1 is 1.07 bits per heavy atom. The van der Waals surface area contributed by atoms with Crippen LogP contribution in [0.2, 0.25) is 0 Å². The highest BCUT2D eigenvalue weighted by atomic mass is 16.5. The molecule has 1 aliphatic carbocycles. The zero-order chi connectivity index (χ0) is 27.5. The molecule has 0 radical (unpaired) electrons. The predicted octanol–water partition coefficient (Wildman–Crippen LogP) is 3.18. The fourth-order valence-electron chi connectivity index (χ4n) is 5.12. The Morgan fingerprint density at radius 2 is 1.98 bits per heavy atom. The molecule has 4 heterocycles. The normalized spacial score (nSPS) is 22.1. The van der Waals surface area contributed by atoms with Crippen LogP contribution >= 0.6 is 0 Å². The van der Waals surface area contributed by atoms with Gasteiger partial charge in [0.05, 0.1) is 30.5 Å². The van der Waals surface area contributed by atoms with Gasteiger partial charge in [-0.25, -0.2) is 4.98 Å². The van der Waals surface area contributed by atoms with Crippen molar-refractivity contribution in [1.82, 2.24) is 25.5 Å². The first-order valence-corrected chi connectivity index (χ1v) is 13.7. The number of rotatable bonds is 2. The van der Waals surface area contributed by atoms with Crippen molar-refractivity contribution < 1.29 is 28.3 Å². The zero-order valence-electron chi connectivity index (χ0n) is 22.0. The maximum atomic E-state index is 13.4. The minimum absolute atomic E-state index is 0.164. The fraction of sp³-hybridized carbons (Fsp3) is 0.414. The molecule has 4 bridgehead atoms. The van der Waals surface area contributed by atoms with E-state index in [0.29, 0.717) is 67.6 Å². The Labute approximate surface area is 231 Å². The molecule has 6 rings (SSSR count). The molecular weight excluding hydrogens is 514 g/mol. The van der Waals surface area contributed by atoms with Crippen molar-refractivity contribution in [3.8, 4) is 11.5 Å². The molecular formula is C29H31N5O6. The van der Waals surface area contributed by atoms with E-state index in [0.717, 1.165) is 18.4 Å². The largest absolute Gasteiger partial charge is 0.456 e. The number of carbonyl (C=O) groups excluding carboxylic acids is 3. The topological polar surface area (TPSA) is 136 Å². The number of nitrogens with one attached hydrogen (secondary N) is 2. The lowest BCUT2D eigenvalue weighted by molar-refractivity contribution is -0.124. The van der Waals surface area contributed by atoms with Crippen molar-refractivity contribution in [2.24, 2.45) is 0 Å². The summed E-state index contributed by atoms with van der Waals surface area (Å²) in [6, 6.07) is 8.72. The van der Waals surface area contributed by atoms with Crippen molar-refractivity contribution >= 4 is 17.7 Å². The molecule has 3 aromatic rings. The fourth-order valence-corrected chi connectivity index (χ4v) is 5.12. The summed E-state index contributed by atoms with van der Waals surface area (Å²) >= 11 is 0. The summed E-state index contributed by atoms with van der Waals surface area (Å²) in [7, 11) is 0. The van der Waals surface area contributed by atoms with Crippen LogP contribution in [-0.4, -0.2) is 64.4 Å². The number of carbonyl (C=O) groups is 3. The van der Waals surface area contributed by atoms with Gasteiger partial charge in [0.25, 0.3) is 11.8 Å². The Hall–Kier alpha value is -4.25. The Morgan fingerprint density at radius 3 is 2.85 bits per heavy atom. The van der Waals surface area contributed by atoms with E-state index < -0.39 is 6.04 Å². The average molecular weight is 546 g/mol. The molecule has 11 heteroatoms. The summed E-state index contributed by atoms with van der Waals surface area (Å²) in [4.78, 5) is 49.0. The molecule has 208 valence electrons. The zero-order valence-corrected chi connectivity index (χ0v) is 22.0. The summed E-state index contributed by atoms with van der Waals surface area (Å²) < 4.78 is 17.8. The third-order valence-corrected chi connectivity index (χ3v) is 7.37. The molecule has 0 spiro atoms. The number of pyridine rings is 1. The summed E-state index contributed by atoms with van der Waals surface area (Å²) in [5, 5.41) is 5.90. The van der Waals surface area contributed by atoms with E-state index in [9.17, 15) is 14.4 Å². The van der Waals surface area contributed by atoms with Crippen LogP contribution in [0.5, 0.6) is 11.5 Å². The van der Waals surface area contributed by atoms with Gasteiger partial charge < -0.3 is 29.4 Å². The van der Waals surface area contributed by atoms with Crippen molar-refractivity contribution in [2.75, 3.05) is 19.6 Å². The van der Waals surface area contributed by atoms with Gasteiger partial charge in [0.2, 0.25) is 5.91 Å². The number of hydrogen-bond acceptors (Lipinski definition) is 8. The van der Waals surface area contributed by atoms with Crippen LogP contribution in [0.15, 0.2) is 53.5 Å². The molecule has 40 heavy (non-hydrogen) atoms. The van der Waals surface area contributed by atoms with Gasteiger partial charge in [0.1, 0.15) is 17.3 Å². The summed E-state index contributed by atoms with van der Waals surface area (Å²) in [6.45, 7) is 1.40. The van der Waals surface area contributed by atoms with Crippen LogP contribution in [0, 0.1) is 0 Å². The number of aromatic nitrogens is 2. The highest BCUT2D eigenvalue weighted by Gasteiger charge is 2.38. The minimum Gasteiger partial charge on any atom is -0.456 e. The number of fused-ring (bicyclic) bond motifs is 5. The molecule has 0 unspecified atom stereocenters. The number of amides is 3. The third kappa shape index (κ3) is 5.99.